The molecule has 2 N–H and O–H groups in total. The van der Waals surface area contributed by atoms with Crippen LogP contribution in [0.5, 0.6) is 0 Å². The lowest BCUT2D eigenvalue weighted by Gasteiger charge is -2.38. The summed E-state index contributed by atoms with van der Waals surface area (Å²) in [5.74, 6) is -2.74. The molecule has 8 fully saturated rings. The average molecular weight is 637 g/mol. The molecule has 12 nitrogen and oxygen atoms in total. The van der Waals surface area contributed by atoms with Gasteiger partial charge in [0.15, 0.2) is 12.2 Å². The molecule has 0 aliphatic carbocycles. The maximum atomic E-state index is 12.5. The first-order valence-corrected chi connectivity index (χ1v) is 15.7. The number of carbonyl (C=O) groups is 4. The minimum atomic E-state index is -1.15. The Morgan fingerprint density at radius 3 is 1.13 bits per heavy atom. The van der Waals surface area contributed by atoms with Crippen LogP contribution >= 0.6 is 0 Å². The van der Waals surface area contributed by atoms with Crippen molar-refractivity contribution in [2.45, 2.75) is 88.7 Å². The lowest BCUT2D eigenvalue weighted by atomic mass is 9.87. The molecule has 10 rings (SSSR count). The molecule has 12 heteroatoms. The Labute approximate surface area is 264 Å². The summed E-state index contributed by atoms with van der Waals surface area (Å²) in [6.45, 7) is 8.25. The van der Waals surface area contributed by atoms with Crippen LogP contribution in [-0.2, 0) is 28.4 Å². The fourth-order valence-corrected chi connectivity index (χ4v) is 8.32. The van der Waals surface area contributed by atoms with E-state index in [2.05, 4.69) is 13.8 Å². The van der Waals surface area contributed by atoms with E-state index in [0.717, 1.165) is 0 Å². The van der Waals surface area contributed by atoms with E-state index < -0.39 is 36.1 Å². The second-order valence-corrected chi connectivity index (χ2v) is 13.1. The molecule has 0 amide bonds. The SMILES string of the molecule is C[C@@H]1C2O[C@H]3C(OC(=O)c4ccccc4C(=O)O)[C@H](O[C@@H]13)[C@H]2C.C[C@H]1C2O[C@H]3[C@H](OC1[C@@H]3C)C2OC(=O)c1ccccc1C(=O)O. The van der Waals surface area contributed by atoms with Crippen LogP contribution in [0.25, 0.3) is 0 Å². The maximum absolute atomic E-state index is 12.5. The van der Waals surface area contributed by atoms with E-state index >= 15 is 0 Å². The Bertz CT molecular complexity index is 1450. The number of hydrogen-bond acceptors (Lipinski definition) is 10. The van der Waals surface area contributed by atoms with Gasteiger partial charge < -0.3 is 38.6 Å². The first-order chi connectivity index (χ1) is 22.0. The minimum Gasteiger partial charge on any atom is -0.478 e. The number of benzene rings is 2. The van der Waals surface area contributed by atoms with E-state index in [0.29, 0.717) is 0 Å². The molecule has 8 heterocycles. The molecule has 14 atom stereocenters. The smallest absolute Gasteiger partial charge is 0.339 e. The number of hydrogen-bond donors (Lipinski definition) is 2. The van der Waals surface area contributed by atoms with Gasteiger partial charge in [-0.15, -0.1) is 0 Å². The van der Waals surface area contributed by atoms with Gasteiger partial charge in [-0.3, -0.25) is 0 Å². The lowest BCUT2D eigenvalue weighted by molar-refractivity contribution is -0.152. The molecule has 0 aromatic heterocycles. The molecule has 244 valence electrons. The highest BCUT2D eigenvalue weighted by Gasteiger charge is 2.66. The van der Waals surface area contributed by atoms with Crippen LogP contribution in [0.3, 0.4) is 0 Å². The largest absolute Gasteiger partial charge is 0.478 e. The summed E-state index contributed by atoms with van der Waals surface area (Å²) in [4.78, 5) is 47.4. The summed E-state index contributed by atoms with van der Waals surface area (Å²) in [6, 6.07) is 12.1. The van der Waals surface area contributed by atoms with Crippen molar-refractivity contribution < 1.29 is 57.8 Å². The van der Waals surface area contributed by atoms with Gasteiger partial charge in [-0.1, -0.05) is 52.0 Å². The van der Waals surface area contributed by atoms with Crippen LogP contribution in [0.4, 0.5) is 0 Å². The van der Waals surface area contributed by atoms with E-state index in [1.54, 1.807) is 24.3 Å². The van der Waals surface area contributed by atoms with Gasteiger partial charge in [0.1, 0.15) is 24.4 Å². The molecule has 8 saturated heterocycles. The topological polar surface area (TPSA) is 164 Å². The quantitative estimate of drug-likeness (QED) is 0.445. The number of ether oxygens (including phenoxy) is 6. The standard InChI is InChI=1S/2C17H18O6/c2*1-7-11-8(2)13-15(14(21-11)12(7)22-13)23-17(20)10-6-4-3-5-9(10)16(18)19/h2*3-8,11-15H,1-2H3,(H,18,19)/t7-,8+,11?,12+,13?,14-,15?;7-,8+,11?,12+,13-,14-,15?/m01/s1. The second kappa shape index (κ2) is 11.4. The number of carboxylic acid groups (broad SMARTS) is 2. The predicted octanol–water partition coefficient (Wildman–Crippen LogP) is 3.46. The second-order valence-electron chi connectivity index (χ2n) is 13.1. The van der Waals surface area contributed by atoms with Gasteiger partial charge in [0.25, 0.3) is 0 Å². The monoisotopic (exact) mass is 636 g/mol. The first-order valence-electron chi connectivity index (χ1n) is 15.7. The van der Waals surface area contributed by atoms with E-state index in [-0.39, 0.29) is 94.8 Å². The Morgan fingerprint density at radius 1 is 0.478 bits per heavy atom. The normalized spacial score (nSPS) is 40.3. The summed E-state index contributed by atoms with van der Waals surface area (Å²) in [5, 5.41) is 18.4. The molecular formula is C34H36O12. The van der Waals surface area contributed by atoms with Crippen molar-refractivity contribution in [1.82, 2.24) is 0 Å². The highest BCUT2D eigenvalue weighted by molar-refractivity contribution is 6.03. The molecule has 5 unspecified atom stereocenters. The molecule has 0 saturated carbocycles. The molecule has 0 spiro atoms. The highest BCUT2D eigenvalue weighted by atomic mass is 16.7. The van der Waals surface area contributed by atoms with E-state index in [4.69, 9.17) is 28.4 Å². The number of esters is 2. The Kier molecular flexibility index (Phi) is 7.66. The minimum absolute atomic E-state index is 0.0475. The van der Waals surface area contributed by atoms with Gasteiger partial charge >= 0.3 is 23.9 Å². The average Bonchev–Trinajstić information content (AvgIpc) is 3.68. The van der Waals surface area contributed by atoms with Crippen LogP contribution in [-0.4, -0.2) is 95.1 Å². The summed E-state index contributed by atoms with van der Waals surface area (Å²) in [6.07, 6.45) is -1.63. The summed E-state index contributed by atoms with van der Waals surface area (Å²) in [5.41, 5.74) is -0.0162. The third kappa shape index (κ3) is 4.73. The fourth-order valence-electron chi connectivity index (χ4n) is 8.32. The van der Waals surface area contributed by atoms with Crippen molar-refractivity contribution in [2.24, 2.45) is 23.7 Å². The third-order valence-corrected chi connectivity index (χ3v) is 10.6. The molecule has 2 aromatic rings. The van der Waals surface area contributed by atoms with Gasteiger partial charge in [0.2, 0.25) is 0 Å². The molecule has 0 radical (unpaired) electrons. The summed E-state index contributed by atoms with van der Waals surface area (Å²) >= 11 is 0. The van der Waals surface area contributed by atoms with E-state index in [1.807, 2.05) is 13.8 Å². The van der Waals surface area contributed by atoms with Crippen LogP contribution in [0.2, 0.25) is 0 Å². The Morgan fingerprint density at radius 2 is 0.783 bits per heavy atom. The van der Waals surface area contributed by atoms with Crippen molar-refractivity contribution in [1.29, 1.82) is 0 Å². The van der Waals surface area contributed by atoms with Crippen LogP contribution in [0, 0.1) is 23.7 Å². The van der Waals surface area contributed by atoms with Gasteiger partial charge in [-0.25, -0.2) is 19.2 Å². The van der Waals surface area contributed by atoms with Crippen LogP contribution < -0.4 is 0 Å². The number of carbonyl (C=O) groups excluding carboxylic acids is 2. The zero-order valence-electron chi connectivity index (χ0n) is 25.7. The summed E-state index contributed by atoms with van der Waals surface area (Å²) < 4.78 is 35.2. The van der Waals surface area contributed by atoms with Gasteiger partial charge in [0.05, 0.1) is 46.7 Å². The van der Waals surface area contributed by atoms with Crippen LogP contribution in [0.15, 0.2) is 48.5 Å². The third-order valence-electron chi connectivity index (χ3n) is 10.6. The molecular weight excluding hydrogens is 600 g/mol. The van der Waals surface area contributed by atoms with Crippen molar-refractivity contribution in [3.8, 4) is 0 Å². The Hall–Kier alpha value is -3.84. The highest BCUT2D eigenvalue weighted by Crippen LogP contribution is 2.52. The zero-order valence-corrected chi connectivity index (χ0v) is 25.7. The van der Waals surface area contributed by atoms with Gasteiger partial charge in [-0.05, 0) is 24.3 Å². The molecule has 8 aliphatic rings. The van der Waals surface area contributed by atoms with Crippen molar-refractivity contribution >= 4 is 23.9 Å². The van der Waals surface area contributed by atoms with Gasteiger partial charge in [-0.2, -0.15) is 0 Å². The number of carboxylic acids is 2. The van der Waals surface area contributed by atoms with Crippen molar-refractivity contribution in [3.63, 3.8) is 0 Å². The zero-order chi connectivity index (χ0) is 32.6. The lowest BCUT2D eigenvalue weighted by Crippen LogP contribution is -2.49. The van der Waals surface area contributed by atoms with Crippen LogP contribution in [0.1, 0.15) is 69.1 Å². The molecule has 46 heavy (non-hydrogen) atoms. The molecule has 2 aromatic carbocycles. The van der Waals surface area contributed by atoms with Gasteiger partial charge in [0, 0.05) is 23.7 Å². The van der Waals surface area contributed by atoms with E-state index in [9.17, 15) is 29.4 Å². The van der Waals surface area contributed by atoms with E-state index in [1.165, 1.54) is 24.3 Å². The number of aromatic carboxylic acids is 2. The fraction of sp³-hybridized carbons (Fsp3) is 0.529. The van der Waals surface area contributed by atoms with Crippen molar-refractivity contribution in [2.75, 3.05) is 0 Å². The molecule has 8 bridgehead atoms. The maximum Gasteiger partial charge on any atom is 0.339 e. The predicted molar refractivity (Wildman–Crippen MR) is 157 cm³/mol. The van der Waals surface area contributed by atoms with Crippen molar-refractivity contribution in [3.05, 3.63) is 70.8 Å². The molecule has 8 aliphatic heterocycles. The summed E-state index contributed by atoms with van der Waals surface area (Å²) in [7, 11) is 0. The number of rotatable bonds is 6. The first kappa shape index (κ1) is 30.8. The Balaban J connectivity index is 0.000000147.